The zero-order valence-corrected chi connectivity index (χ0v) is 11.0. The number of nitrogens with zero attached hydrogens (tertiary/aromatic N) is 2. The Labute approximate surface area is 98.9 Å². The Hall–Kier alpha value is -1.09. The quantitative estimate of drug-likeness (QED) is 0.845. The van der Waals surface area contributed by atoms with Crippen LogP contribution in [0.3, 0.4) is 0 Å². The molecule has 0 spiro atoms. The molecule has 0 aromatic carbocycles. The van der Waals surface area contributed by atoms with Crippen LogP contribution in [0.5, 0.6) is 0 Å². The molecule has 0 aliphatic heterocycles. The van der Waals surface area contributed by atoms with Crippen molar-refractivity contribution < 1.29 is 0 Å². The van der Waals surface area contributed by atoms with Gasteiger partial charge in [0.05, 0.1) is 11.9 Å². The van der Waals surface area contributed by atoms with Gasteiger partial charge in [0, 0.05) is 26.3 Å². The molecule has 1 rings (SSSR count). The summed E-state index contributed by atoms with van der Waals surface area (Å²) in [5.41, 5.74) is 2.80. The van der Waals surface area contributed by atoms with Gasteiger partial charge in [0.2, 0.25) is 0 Å². The summed E-state index contributed by atoms with van der Waals surface area (Å²) < 4.78 is 0. The highest BCUT2D eigenvalue weighted by Gasteiger charge is 2.15. The SMILES string of the molecule is CNCc1ccncc1N(C)CC(C)(C)C. The Morgan fingerprint density at radius 2 is 2.06 bits per heavy atom. The van der Waals surface area contributed by atoms with Crippen LogP contribution in [-0.4, -0.2) is 25.6 Å². The molecule has 0 atom stereocenters. The van der Waals surface area contributed by atoms with Crippen molar-refractivity contribution in [2.75, 3.05) is 25.5 Å². The van der Waals surface area contributed by atoms with E-state index in [0.717, 1.165) is 13.1 Å². The molecule has 0 bridgehead atoms. The van der Waals surface area contributed by atoms with E-state index in [4.69, 9.17) is 0 Å². The van der Waals surface area contributed by atoms with Crippen LogP contribution in [0.2, 0.25) is 0 Å². The van der Waals surface area contributed by atoms with Crippen molar-refractivity contribution in [2.45, 2.75) is 27.3 Å². The molecule has 0 aliphatic carbocycles. The third kappa shape index (κ3) is 3.81. The van der Waals surface area contributed by atoms with Gasteiger partial charge in [-0.1, -0.05) is 20.8 Å². The van der Waals surface area contributed by atoms with Gasteiger partial charge in [-0.3, -0.25) is 4.98 Å². The summed E-state index contributed by atoms with van der Waals surface area (Å²) in [6.07, 6.45) is 3.79. The topological polar surface area (TPSA) is 28.2 Å². The van der Waals surface area contributed by atoms with E-state index in [1.165, 1.54) is 11.3 Å². The minimum atomic E-state index is 0.293. The number of anilines is 1. The third-order valence-corrected chi connectivity index (χ3v) is 2.38. The van der Waals surface area contributed by atoms with Crippen LogP contribution in [0.15, 0.2) is 18.5 Å². The first-order valence-corrected chi connectivity index (χ1v) is 5.72. The summed E-state index contributed by atoms with van der Waals surface area (Å²) >= 11 is 0. The molecule has 0 radical (unpaired) electrons. The molecule has 0 saturated heterocycles. The van der Waals surface area contributed by atoms with Gasteiger partial charge in [-0.25, -0.2) is 0 Å². The van der Waals surface area contributed by atoms with Gasteiger partial charge in [0.1, 0.15) is 0 Å². The van der Waals surface area contributed by atoms with Gasteiger partial charge >= 0.3 is 0 Å². The minimum absolute atomic E-state index is 0.293. The van der Waals surface area contributed by atoms with Crippen LogP contribution in [0.25, 0.3) is 0 Å². The Bertz CT molecular complexity index is 328. The molecule has 0 aliphatic rings. The molecule has 90 valence electrons. The molecule has 3 nitrogen and oxygen atoms in total. The van der Waals surface area contributed by atoms with Gasteiger partial charge in [-0.2, -0.15) is 0 Å². The largest absolute Gasteiger partial charge is 0.373 e. The lowest BCUT2D eigenvalue weighted by molar-refractivity contribution is 0.418. The molecule has 1 heterocycles. The van der Waals surface area contributed by atoms with Crippen LogP contribution in [-0.2, 0) is 6.54 Å². The van der Waals surface area contributed by atoms with E-state index in [0.29, 0.717) is 5.41 Å². The number of hydrogen-bond donors (Lipinski definition) is 1. The summed E-state index contributed by atoms with van der Waals surface area (Å²) in [6, 6.07) is 2.07. The summed E-state index contributed by atoms with van der Waals surface area (Å²) in [7, 11) is 4.09. The van der Waals surface area contributed by atoms with Crippen LogP contribution < -0.4 is 10.2 Å². The van der Waals surface area contributed by atoms with Gasteiger partial charge in [-0.05, 0) is 24.1 Å². The lowest BCUT2D eigenvalue weighted by atomic mass is 9.96. The number of aromatic nitrogens is 1. The predicted molar refractivity (Wildman–Crippen MR) is 69.7 cm³/mol. The first kappa shape index (κ1) is 13.0. The smallest absolute Gasteiger partial charge is 0.0595 e. The lowest BCUT2D eigenvalue weighted by Gasteiger charge is -2.29. The van der Waals surface area contributed by atoms with E-state index in [1.807, 2.05) is 19.4 Å². The summed E-state index contributed by atoms with van der Waals surface area (Å²) in [5, 5.41) is 3.19. The van der Waals surface area contributed by atoms with Crippen molar-refractivity contribution in [1.29, 1.82) is 0 Å². The second kappa shape index (κ2) is 5.30. The monoisotopic (exact) mass is 221 g/mol. The zero-order valence-electron chi connectivity index (χ0n) is 11.0. The second-order valence-corrected chi connectivity index (χ2v) is 5.45. The molecule has 0 amide bonds. The minimum Gasteiger partial charge on any atom is -0.373 e. The van der Waals surface area contributed by atoms with E-state index < -0.39 is 0 Å². The molecule has 0 fully saturated rings. The molecule has 16 heavy (non-hydrogen) atoms. The first-order chi connectivity index (χ1) is 7.44. The third-order valence-electron chi connectivity index (χ3n) is 2.38. The van der Waals surface area contributed by atoms with Gasteiger partial charge in [0.15, 0.2) is 0 Å². The average Bonchev–Trinajstić information content (AvgIpc) is 2.16. The fraction of sp³-hybridized carbons (Fsp3) is 0.615. The highest BCUT2D eigenvalue weighted by atomic mass is 15.1. The Balaban J connectivity index is 2.85. The maximum Gasteiger partial charge on any atom is 0.0595 e. The number of nitrogens with one attached hydrogen (secondary N) is 1. The van der Waals surface area contributed by atoms with Gasteiger partial charge < -0.3 is 10.2 Å². The fourth-order valence-electron chi connectivity index (χ4n) is 1.90. The molecule has 1 N–H and O–H groups in total. The van der Waals surface area contributed by atoms with Crippen LogP contribution in [0.1, 0.15) is 26.3 Å². The highest BCUT2D eigenvalue weighted by Crippen LogP contribution is 2.22. The normalized spacial score (nSPS) is 11.6. The predicted octanol–water partition coefficient (Wildman–Crippen LogP) is 2.28. The second-order valence-electron chi connectivity index (χ2n) is 5.45. The Kier molecular flexibility index (Phi) is 4.30. The van der Waals surface area contributed by atoms with E-state index in [1.54, 1.807) is 0 Å². The van der Waals surface area contributed by atoms with E-state index in [9.17, 15) is 0 Å². The average molecular weight is 221 g/mol. The van der Waals surface area contributed by atoms with Gasteiger partial charge in [-0.15, -0.1) is 0 Å². The van der Waals surface area contributed by atoms with Crippen molar-refractivity contribution in [1.82, 2.24) is 10.3 Å². The van der Waals surface area contributed by atoms with E-state index in [-0.39, 0.29) is 0 Å². The zero-order chi connectivity index (χ0) is 12.2. The lowest BCUT2D eigenvalue weighted by Crippen LogP contribution is -2.30. The summed E-state index contributed by atoms with van der Waals surface area (Å²) in [6.45, 7) is 8.65. The first-order valence-electron chi connectivity index (χ1n) is 5.72. The van der Waals surface area contributed by atoms with Crippen molar-refractivity contribution in [3.63, 3.8) is 0 Å². The standard InChI is InChI=1S/C13H23N3/c1-13(2,3)10-16(5)12-9-15-7-6-11(12)8-14-4/h6-7,9,14H,8,10H2,1-5H3. The van der Waals surface area contributed by atoms with Crippen molar-refractivity contribution in [3.05, 3.63) is 24.0 Å². The molecule has 0 unspecified atom stereocenters. The van der Waals surface area contributed by atoms with Crippen molar-refractivity contribution >= 4 is 5.69 Å². The van der Waals surface area contributed by atoms with Crippen LogP contribution >= 0.6 is 0 Å². The van der Waals surface area contributed by atoms with Gasteiger partial charge in [0.25, 0.3) is 0 Å². The maximum absolute atomic E-state index is 4.21. The molecular weight excluding hydrogens is 198 g/mol. The molecule has 0 saturated carbocycles. The molecular formula is C13H23N3. The Morgan fingerprint density at radius 3 is 2.62 bits per heavy atom. The fourth-order valence-corrected chi connectivity index (χ4v) is 1.90. The summed E-state index contributed by atoms with van der Waals surface area (Å²) in [4.78, 5) is 6.49. The van der Waals surface area contributed by atoms with Crippen LogP contribution in [0, 0.1) is 5.41 Å². The molecule has 1 aromatic rings. The summed E-state index contributed by atoms with van der Waals surface area (Å²) in [5.74, 6) is 0. The van der Waals surface area contributed by atoms with Crippen molar-refractivity contribution in [3.8, 4) is 0 Å². The number of rotatable bonds is 4. The van der Waals surface area contributed by atoms with Crippen LogP contribution in [0.4, 0.5) is 5.69 Å². The maximum atomic E-state index is 4.21. The molecule has 3 heteroatoms. The molecule has 1 aromatic heterocycles. The van der Waals surface area contributed by atoms with E-state index >= 15 is 0 Å². The Morgan fingerprint density at radius 1 is 1.38 bits per heavy atom. The van der Waals surface area contributed by atoms with Crippen molar-refractivity contribution in [2.24, 2.45) is 5.41 Å². The number of hydrogen-bond acceptors (Lipinski definition) is 3. The highest BCUT2D eigenvalue weighted by molar-refractivity contribution is 5.51. The number of pyridine rings is 1. The van der Waals surface area contributed by atoms with E-state index in [2.05, 4.69) is 49.1 Å².